The first-order chi connectivity index (χ1) is 6.74. The van der Waals surface area contributed by atoms with Gasteiger partial charge in [0.2, 0.25) is 0 Å². The highest BCUT2D eigenvalue weighted by atomic mass is 32.1. The summed E-state index contributed by atoms with van der Waals surface area (Å²) in [5.74, 6) is 0. The number of rotatable bonds is 2. The quantitative estimate of drug-likeness (QED) is 0.800. The summed E-state index contributed by atoms with van der Waals surface area (Å²) in [5.41, 5.74) is 1.91. The van der Waals surface area contributed by atoms with Gasteiger partial charge in [-0.15, -0.1) is 11.3 Å². The number of thiazole rings is 1. The van der Waals surface area contributed by atoms with E-state index in [0.29, 0.717) is 12.1 Å². The van der Waals surface area contributed by atoms with Gasteiger partial charge in [-0.25, -0.2) is 0 Å². The van der Waals surface area contributed by atoms with Gasteiger partial charge in [-0.3, -0.25) is 9.88 Å². The molecular formula is C10H17N3S. The van der Waals surface area contributed by atoms with Gasteiger partial charge in [0.1, 0.15) is 0 Å². The lowest BCUT2D eigenvalue weighted by Crippen LogP contribution is -2.53. The van der Waals surface area contributed by atoms with Crippen LogP contribution in [0, 0.1) is 0 Å². The molecule has 1 aliphatic rings. The van der Waals surface area contributed by atoms with Crippen LogP contribution < -0.4 is 5.32 Å². The van der Waals surface area contributed by atoms with E-state index in [1.165, 1.54) is 4.88 Å². The van der Waals surface area contributed by atoms with E-state index < -0.39 is 0 Å². The zero-order chi connectivity index (χ0) is 9.97. The summed E-state index contributed by atoms with van der Waals surface area (Å²) in [5, 5.41) is 3.53. The molecule has 0 spiro atoms. The SMILES string of the molecule is C[C@@H]1CN(Cc2cncs2)C[C@H](C)N1. The minimum Gasteiger partial charge on any atom is -0.309 e. The molecule has 0 radical (unpaired) electrons. The van der Waals surface area contributed by atoms with Crippen LogP contribution in [-0.4, -0.2) is 35.1 Å². The number of hydrogen-bond donors (Lipinski definition) is 1. The summed E-state index contributed by atoms with van der Waals surface area (Å²) >= 11 is 1.75. The van der Waals surface area contributed by atoms with Crippen molar-refractivity contribution in [1.82, 2.24) is 15.2 Å². The fourth-order valence-corrected chi connectivity index (χ4v) is 2.75. The highest BCUT2D eigenvalue weighted by molar-refractivity contribution is 7.09. The standard InChI is InChI=1S/C10H17N3S/c1-8-4-13(5-9(2)12-8)6-10-3-11-7-14-10/h3,7-9,12H,4-6H2,1-2H3/t8-,9+. The number of nitrogens with one attached hydrogen (secondary N) is 1. The molecule has 1 saturated heterocycles. The van der Waals surface area contributed by atoms with Crippen LogP contribution in [0.25, 0.3) is 0 Å². The normalized spacial score (nSPS) is 29.3. The van der Waals surface area contributed by atoms with Crippen molar-refractivity contribution in [2.75, 3.05) is 13.1 Å². The molecule has 14 heavy (non-hydrogen) atoms. The number of hydrogen-bond acceptors (Lipinski definition) is 4. The first kappa shape index (κ1) is 10.1. The first-order valence-corrected chi connectivity index (χ1v) is 5.98. The summed E-state index contributed by atoms with van der Waals surface area (Å²) in [4.78, 5) is 7.97. The molecule has 0 saturated carbocycles. The molecule has 3 nitrogen and oxygen atoms in total. The van der Waals surface area contributed by atoms with Gasteiger partial charge >= 0.3 is 0 Å². The lowest BCUT2D eigenvalue weighted by Gasteiger charge is -2.35. The van der Waals surface area contributed by atoms with Gasteiger partial charge in [0.15, 0.2) is 0 Å². The number of aromatic nitrogens is 1. The van der Waals surface area contributed by atoms with Crippen molar-refractivity contribution in [1.29, 1.82) is 0 Å². The predicted molar refractivity (Wildman–Crippen MR) is 59.5 cm³/mol. The second-order valence-electron chi connectivity index (χ2n) is 4.13. The fourth-order valence-electron chi connectivity index (χ4n) is 2.11. The maximum absolute atomic E-state index is 4.10. The van der Waals surface area contributed by atoms with E-state index in [2.05, 4.69) is 29.0 Å². The van der Waals surface area contributed by atoms with Crippen molar-refractivity contribution in [3.8, 4) is 0 Å². The molecular weight excluding hydrogens is 194 g/mol. The Balaban J connectivity index is 1.91. The highest BCUT2D eigenvalue weighted by Gasteiger charge is 2.20. The van der Waals surface area contributed by atoms with Crippen LogP contribution in [0.1, 0.15) is 18.7 Å². The van der Waals surface area contributed by atoms with Crippen molar-refractivity contribution < 1.29 is 0 Å². The van der Waals surface area contributed by atoms with Crippen LogP contribution in [0.4, 0.5) is 0 Å². The van der Waals surface area contributed by atoms with Crippen molar-refractivity contribution in [2.24, 2.45) is 0 Å². The van der Waals surface area contributed by atoms with Gasteiger partial charge in [-0.2, -0.15) is 0 Å². The van der Waals surface area contributed by atoms with E-state index in [9.17, 15) is 0 Å². The van der Waals surface area contributed by atoms with E-state index in [0.717, 1.165) is 19.6 Å². The van der Waals surface area contributed by atoms with Crippen LogP contribution in [-0.2, 0) is 6.54 Å². The number of piperazine rings is 1. The molecule has 0 aliphatic carbocycles. The lowest BCUT2D eigenvalue weighted by molar-refractivity contribution is 0.168. The third-order valence-electron chi connectivity index (χ3n) is 2.50. The van der Waals surface area contributed by atoms with Crippen LogP contribution >= 0.6 is 11.3 Å². The molecule has 0 aromatic carbocycles. The molecule has 1 N–H and O–H groups in total. The van der Waals surface area contributed by atoms with Gasteiger partial charge in [0.05, 0.1) is 5.51 Å². The Hall–Kier alpha value is -0.450. The topological polar surface area (TPSA) is 28.2 Å². The van der Waals surface area contributed by atoms with Gasteiger partial charge in [0.25, 0.3) is 0 Å². The van der Waals surface area contributed by atoms with E-state index in [-0.39, 0.29) is 0 Å². The summed E-state index contributed by atoms with van der Waals surface area (Å²) < 4.78 is 0. The predicted octanol–water partition coefficient (Wildman–Crippen LogP) is 1.33. The first-order valence-electron chi connectivity index (χ1n) is 5.10. The average molecular weight is 211 g/mol. The lowest BCUT2D eigenvalue weighted by atomic mass is 10.1. The van der Waals surface area contributed by atoms with E-state index in [4.69, 9.17) is 0 Å². The Morgan fingerprint density at radius 1 is 1.50 bits per heavy atom. The second kappa shape index (κ2) is 4.38. The molecule has 4 heteroatoms. The highest BCUT2D eigenvalue weighted by Crippen LogP contribution is 2.12. The van der Waals surface area contributed by atoms with Gasteiger partial charge in [0, 0.05) is 42.8 Å². The van der Waals surface area contributed by atoms with Crippen molar-refractivity contribution >= 4 is 11.3 Å². The van der Waals surface area contributed by atoms with Crippen LogP contribution in [0.3, 0.4) is 0 Å². The minimum atomic E-state index is 0.603. The summed E-state index contributed by atoms with van der Waals surface area (Å²) in [6, 6.07) is 1.21. The smallest absolute Gasteiger partial charge is 0.0794 e. The second-order valence-corrected chi connectivity index (χ2v) is 5.10. The Morgan fingerprint density at radius 3 is 2.79 bits per heavy atom. The van der Waals surface area contributed by atoms with E-state index >= 15 is 0 Å². The minimum absolute atomic E-state index is 0.603. The third-order valence-corrected chi connectivity index (χ3v) is 3.26. The largest absolute Gasteiger partial charge is 0.309 e. The molecule has 2 atom stereocenters. The molecule has 0 unspecified atom stereocenters. The van der Waals surface area contributed by atoms with E-state index in [1.54, 1.807) is 11.3 Å². The molecule has 0 amide bonds. The molecule has 2 rings (SSSR count). The molecule has 0 bridgehead atoms. The van der Waals surface area contributed by atoms with Gasteiger partial charge in [-0.1, -0.05) is 0 Å². The monoisotopic (exact) mass is 211 g/mol. The van der Waals surface area contributed by atoms with Crippen LogP contribution in [0.2, 0.25) is 0 Å². The zero-order valence-corrected chi connectivity index (χ0v) is 9.55. The number of nitrogens with zero attached hydrogens (tertiary/aromatic N) is 2. The Morgan fingerprint density at radius 2 is 2.21 bits per heavy atom. The summed E-state index contributed by atoms with van der Waals surface area (Å²) in [6.07, 6.45) is 1.97. The maximum Gasteiger partial charge on any atom is 0.0794 e. The molecule has 1 fully saturated rings. The zero-order valence-electron chi connectivity index (χ0n) is 8.73. The fraction of sp³-hybridized carbons (Fsp3) is 0.700. The molecule has 1 aromatic rings. The summed E-state index contributed by atoms with van der Waals surface area (Å²) in [6.45, 7) is 7.83. The van der Waals surface area contributed by atoms with Crippen LogP contribution in [0.5, 0.6) is 0 Å². The van der Waals surface area contributed by atoms with Gasteiger partial charge < -0.3 is 5.32 Å². The van der Waals surface area contributed by atoms with Crippen molar-refractivity contribution in [3.63, 3.8) is 0 Å². The maximum atomic E-state index is 4.10. The summed E-state index contributed by atoms with van der Waals surface area (Å²) in [7, 11) is 0. The average Bonchev–Trinajstić information content (AvgIpc) is 2.54. The molecule has 2 heterocycles. The Bertz CT molecular complexity index is 263. The molecule has 1 aromatic heterocycles. The van der Waals surface area contributed by atoms with Crippen LogP contribution in [0.15, 0.2) is 11.7 Å². The van der Waals surface area contributed by atoms with E-state index in [1.807, 2.05) is 11.7 Å². The van der Waals surface area contributed by atoms with Crippen molar-refractivity contribution in [2.45, 2.75) is 32.5 Å². The molecule has 1 aliphatic heterocycles. The van der Waals surface area contributed by atoms with Crippen molar-refractivity contribution in [3.05, 3.63) is 16.6 Å². The Kier molecular flexibility index (Phi) is 3.15. The Labute approximate surface area is 89.1 Å². The third kappa shape index (κ3) is 2.53. The molecule has 78 valence electrons. The van der Waals surface area contributed by atoms with Gasteiger partial charge in [-0.05, 0) is 13.8 Å².